The van der Waals surface area contributed by atoms with Crippen molar-refractivity contribution in [3.8, 4) is 0 Å². The van der Waals surface area contributed by atoms with Crippen LogP contribution in [-0.2, 0) is 20.9 Å². The highest BCUT2D eigenvalue weighted by Crippen LogP contribution is 2.19. The largest absolute Gasteiger partial charge is 0.378 e. The Hall–Kier alpha value is -3.47. The maximum Gasteiger partial charge on any atom is 0.306 e. The molecule has 160 valence electrons. The van der Waals surface area contributed by atoms with E-state index in [2.05, 4.69) is 15.3 Å². The Balaban J connectivity index is 1.44. The summed E-state index contributed by atoms with van der Waals surface area (Å²) in [5.41, 5.74) is 1.60. The van der Waals surface area contributed by atoms with Crippen LogP contribution in [0.2, 0.25) is 0 Å². The summed E-state index contributed by atoms with van der Waals surface area (Å²) >= 11 is 0. The average Bonchev–Trinajstić information content (AvgIpc) is 3.22. The molecule has 1 saturated heterocycles. The number of ether oxygens (including phenoxy) is 1. The van der Waals surface area contributed by atoms with Gasteiger partial charge in [-0.15, -0.1) is 0 Å². The minimum absolute atomic E-state index is 0.0802. The number of nitrogens with one attached hydrogen (secondary N) is 1. The molecule has 0 spiro atoms. The first kappa shape index (κ1) is 21.2. The Morgan fingerprint density at radius 3 is 2.60 bits per heavy atom. The zero-order chi connectivity index (χ0) is 21.5. The third-order valence-corrected chi connectivity index (χ3v) is 4.72. The van der Waals surface area contributed by atoms with Crippen molar-refractivity contribution in [3.63, 3.8) is 0 Å². The summed E-state index contributed by atoms with van der Waals surface area (Å²) in [6, 6.07) is 7.54. The number of morpholine rings is 1. The number of rotatable bonds is 8. The molecule has 1 aliphatic heterocycles. The minimum Gasteiger partial charge on any atom is -0.378 e. The SMILES string of the molecule is CN(CC(=O)Nc1ccc(N2CCOCC2)cc1)C(=O)CCn1cc([N+](=O)[O-])cn1. The monoisotopic (exact) mass is 416 g/mol. The van der Waals surface area contributed by atoms with Gasteiger partial charge in [-0.2, -0.15) is 5.10 Å². The molecule has 0 atom stereocenters. The highest BCUT2D eigenvalue weighted by Gasteiger charge is 2.15. The molecular weight excluding hydrogens is 392 g/mol. The van der Waals surface area contributed by atoms with Crippen LogP contribution in [0.1, 0.15) is 6.42 Å². The lowest BCUT2D eigenvalue weighted by Gasteiger charge is -2.28. The zero-order valence-electron chi connectivity index (χ0n) is 16.7. The second-order valence-electron chi connectivity index (χ2n) is 6.91. The van der Waals surface area contributed by atoms with Gasteiger partial charge in [-0.3, -0.25) is 24.4 Å². The molecule has 11 nitrogen and oxygen atoms in total. The van der Waals surface area contributed by atoms with Crippen molar-refractivity contribution in [1.29, 1.82) is 0 Å². The molecular formula is C19H24N6O5. The van der Waals surface area contributed by atoms with Crippen LogP contribution in [0, 0.1) is 10.1 Å². The van der Waals surface area contributed by atoms with Gasteiger partial charge in [0, 0.05) is 44.5 Å². The smallest absolute Gasteiger partial charge is 0.306 e. The summed E-state index contributed by atoms with van der Waals surface area (Å²) in [5.74, 6) is -0.564. The van der Waals surface area contributed by atoms with E-state index < -0.39 is 4.92 Å². The number of nitro groups is 1. The summed E-state index contributed by atoms with van der Waals surface area (Å²) in [4.78, 5) is 38.1. The van der Waals surface area contributed by atoms with Crippen molar-refractivity contribution >= 4 is 28.9 Å². The van der Waals surface area contributed by atoms with Gasteiger partial charge in [0.1, 0.15) is 12.4 Å². The first-order valence-electron chi connectivity index (χ1n) is 9.56. The predicted octanol–water partition coefficient (Wildman–Crippen LogP) is 1.12. The van der Waals surface area contributed by atoms with Gasteiger partial charge in [-0.25, -0.2) is 0 Å². The molecule has 2 aromatic rings. The van der Waals surface area contributed by atoms with Crippen LogP contribution in [0.15, 0.2) is 36.7 Å². The molecule has 30 heavy (non-hydrogen) atoms. The summed E-state index contributed by atoms with van der Waals surface area (Å²) in [6.07, 6.45) is 2.48. The number of amides is 2. The number of nitrogens with zero attached hydrogens (tertiary/aromatic N) is 5. The fourth-order valence-corrected chi connectivity index (χ4v) is 3.05. The topological polar surface area (TPSA) is 123 Å². The Morgan fingerprint density at radius 1 is 1.27 bits per heavy atom. The van der Waals surface area contributed by atoms with Gasteiger partial charge in [0.2, 0.25) is 11.8 Å². The van der Waals surface area contributed by atoms with E-state index in [1.54, 1.807) is 0 Å². The van der Waals surface area contributed by atoms with Crippen LogP contribution in [0.4, 0.5) is 17.1 Å². The molecule has 2 amide bonds. The number of carbonyl (C=O) groups is 2. The molecule has 0 saturated carbocycles. The van der Waals surface area contributed by atoms with E-state index in [-0.39, 0.29) is 37.0 Å². The lowest BCUT2D eigenvalue weighted by Crippen LogP contribution is -2.36. The third kappa shape index (κ3) is 5.77. The first-order valence-corrected chi connectivity index (χ1v) is 9.56. The van der Waals surface area contributed by atoms with Gasteiger partial charge >= 0.3 is 5.69 Å². The quantitative estimate of drug-likeness (QED) is 0.505. The normalized spacial score (nSPS) is 13.7. The molecule has 3 rings (SSSR count). The molecule has 1 aromatic heterocycles. The lowest BCUT2D eigenvalue weighted by molar-refractivity contribution is -0.385. The minimum atomic E-state index is -0.546. The maximum absolute atomic E-state index is 12.2. The molecule has 0 bridgehead atoms. The van der Waals surface area contributed by atoms with Crippen LogP contribution in [0.25, 0.3) is 0 Å². The number of hydrogen-bond donors (Lipinski definition) is 1. The van der Waals surface area contributed by atoms with Gasteiger partial charge in [-0.05, 0) is 24.3 Å². The van der Waals surface area contributed by atoms with Gasteiger partial charge in [0.05, 0.1) is 24.7 Å². The second-order valence-corrected chi connectivity index (χ2v) is 6.91. The van der Waals surface area contributed by atoms with E-state index in [1.807, 2.05) is 24.3 Å². The van der Waals surface area contributed by atoms with E-state index in [9.17, 15) is 19.7 Å². The van der Waals surface area contributed by atoms with Gasteiger partial charge in [0.25, 0.3) is 0 Å². The Kier molecular flexibility index (Phi) is 6.96. The highest BCUT2D eigenvalue weighted by atomic mass is 16.6. The van der Waals surface area contributed by atoms with E-state index in [0.717, 1.165) is 25.0 Å². The van der Waals surface area contributed by atoms with Crippen molar-refractivity contribution < 1.29 is 19.2 Å². The standard InChI is InChI=1S/C19H24N6O5/c1-22(19(27)6-7-24-13-17(12-20-24)25(28)29)14-18(26)21-15-2-4-16(5-3-15)23-8-10-30-11-9-23/h2-5,12-13H,6-11,14H2,1H3,(H,21,26). The molecule has 2 heterocycles. The number of carbonyl (C=O) groups excluding carboxylic acids is 2. The predicted molar refractivity (Wildman–Crippen MR) is 109 cm³/mol. The zero-order valence-corrected chi connectivity index (χ0v) is 16.7. The molecule has 1 fully saturated rings. The fraction of sp³-hybridized carbons (Fsp3) is 0.421. The fourth-order valence-electron chi connectivity index (χ4n) is 3.05. The molecule has 0 unspecified atom stereocenters. The highest BCUT2D eigenvalue weighted by molar-refractivity contribution is 5.94. The number of likely N-dealkylation sites (N-methyl/N-ethyl adjacent to an activating group) is 1. The van der Waals surface area contributed by atoms with Crippen molar-refractivity contribution in [2.24, 2.45) is 0 Å². The number of aromatic nitrogens is 2. The van der Waals surface area contributed by atoms with Crippen LogP contribution >= 0.6 is 0 Å². The van der Waals surface area contributed by atoms with Crippen LogP contribution in [0.3, 0.4) is 0 Å². The van der Waals surface area contributed by atoms with E-state index >= 15 is 0 Å². The van der Waals surface area contributed by atoms with Crippen molar-refractivity contribution in [2.45, 2.75) is 13.0 Å². The lowest BCUT2D eigenvalue weighted by atomic mass is 10.2. The second kappa shape index (κ2) is 9.83. The van der Waals surface area contributed by atoms with Crippen LogP contribution < -0.4 is 10.2 Å². The van der Waals surface area contributed by atoms with Gasteiger partial charge < -0.3 is 19.9 Å². The van der Waals surface area contributed by atoms with Crippen molar-refractivity contribution in [2.75, 3.05) is 50.1 Å². The van der Waals surface area contributed by atoms with E-state index in [1.165, 1.54) is 22.8 Å². The summed E-state index contributed by atoms with van der Waals surface area (Å²) in [6.45, 7) is 3.19. The number of anilines is 2. The van der Waals surface area contributed by atoms with Crippen LogP contribution in [-0.4, -0.2) is 71.3 Å². The Morgan fingerprint density at radius 2 is 1.97 bits per heavy atom. The summed E-state index contributed by atoms with van der Waals surface area (Å²) < 4.78 is 6.68. The summed E-state index contributed by atoms with van der Waals surface area (Å²) in [5, 5.41) is 17.3. The summed E-state index contributed by atoms with van der Waals surface area (Å²) in [7, 11) is 1.54. The third-order valence-electron chi connectivity index (χ3n) is 4.72. The molecule has 0 radical (unpaired) electrons. The average molecular weight is 416 g/mol. The van der Waals surface area contributed by atoms with Gasteiger partial charge in [-0.1, -0.05) is 0 Å². The molecule has 1 N–H and O–H groups in total. The Labute approximate surface area is 173 Å². The van der Waals surface area contributed by atoms with Gasteiger partial charge in [0.15, 0.2) is 0 Å². The van der Waals surface area contributed by atoms with E-state index in [4.69, 9.17) is 4.74 Å². The number of benzene rings is 1. The molecule has 1 aromatic carbocycles. The van der Waals surface area contributed by atoms with Crippen molar-refractivity contribution in [3.05, 3.63) is 46.8 Å². The number of hydrogen-bond acceptors (Lipinski definition) is 7. The number of aryl methyl sites for hydroxylation is 1. The molecule has 11 heteroatoms. The molecule has 1 aliphatic rings. The Bertz CT molecular complexity index is 891. The maximum atomic E-state index is 12.2. The first-order chi connectivity index (χ1) is 14.4. The molecule has 0 aliphatic carbocycles. The van der Waals surface area contributed by atoms with Crippen molar-refractivity contribution in [1.82, 2.24) is 14.7 Å². The van der Waals surface area contributed by atoms with E-state index in [0.29, 0.717) is 18.9 Å². The van der Waals surface area contributed by atoms with Crippen LogP contribution in [0.5, 0.6) is 0 Å².